The van der Waals surface area contributed by atoms with Crippen LogP contribution in [0.3, 0.4) is 0 Å². The molecule has 1 aromatic carbocycles. The van der Waals surface area contributed by atoms with Crippen molar-refractivity contribution in [1.82, 2.24) is 5.32 Å². The van der Waals surface area contributed by atoms with E-state index in [0.29, 0.717) is 24.9 Å². The number of carbonyl (C=O) groups is 1. The number of nitriles is 1. The van der Waals surface area contributed by atoms with Gasteiger partial charge in [-0.05, 0) is 36.6 Å². The van der Waals surface area contributed by atoms with E-state index in [9.17, 15) is 15.0 Å². The first-order chi connectivity index (χ1) is 9.58. The Labute approximate surface area is 116 Å². The van der Waals surface area contributed by atoms with E-state index in [1.165, 1.54) is 24.3 Å². The van der Waals surface area contributed by atoms with Crippen LogP contribution in [0.2, 0.25) is 0 Å². The van der Waals surface area contributed by atoms with Crippen LogP contribution in [0.25, 0.3) is 6.08 Å². The zero-order valence-electron chi connectivity index (χ0n) is 10.8. The Bertz CT molecular complexity index is 547. The van der Waals surface area contributed by atoms with Crippen LogP contribution < -0.4 is 5.32 Å². The van der Waals surface area contributed by atoms with Gasteiger partial charge in [0.2, 0.25) is 0 Å². The molecule has 0 fully saturated rings. The largest absolute Gasteiger partial charge is 0.504 e. The molecule has 0 bridgehead atoms. The fourth-order valence-electron chi connectivity index (χ4n) is 1.48. The van der Waals surface area contributed by atoms with Crippen molar-refractivity contribution in [2.45, 2.75) is 12.8 Å². The van der Waals surface area contributed by atoms with Crippen molar-refractivity contribution < 1.29 is 20.1 Å². The van der Waals surface area contributed by atoms with Crippen LogP contribution >= 0.6 is 0 Å². The van der Waals surface area contributed by atoms with E-state index in [1.807, 2.05) is 0 Å². The average molecular weight is 276 g/mol. The Morgan fingerprint density at radius 3 is 2.65 bits per heavy atom. The van der Waals surface area contributed by atoms with Gasteiger partial charge < -0.3 is 20.6 Å². The number of hydrogen-bond acceptors (Lipinski definition) is 5. The predicted molar refractivity (Wildman–Crippen MR) is 72.7 cm³/mol. The Morgan fingerprint density at radius 1 is 1.30 bits per heavy atom. The number of nitrogens with one attached hydrogen (secondary N) is 1. The van der Waals surface area contributed by atoms with E-state index in [1.54, 1.807) is 6.07 Å². The lowest BCUT2D eigenvalue weighted by molar-refractivity contribution is -0.117. The molecule has 20 heavy (non-hydrogen) atoms. The Balaban J connectivity index is 2.74. The molecule has 1 aromatic rings. The minimum Gasteiger partial charge on any atom is -0.504 e. The van der Waals surface area contributed by atoms with Crippen LogP contribution in [0.1, 0.15) is 18.4 Å². The van der Waals surface area contributed by atoms with Gasteiger partial charge in [-0.3, -0.25) is 4.79 Å². The van der Waals surface area contributed by atoms with Crippen molar-refractivity contribution in [2.75, 3.05) is 13.2 Å². The number of benzene rings is 1. The number of aromatic hydroxyl groups is 2. The van der Waals surface area contributed by atoms with Gasteiger partial charge in [-0.25, -0.2) is 0 Å². The van der Waals surface area contributed by atoms with E-state index in [-0.39, 0.29) is 23.7 Å². The van der Waals surface area contributed by atoms with Gasteiger partial charge in [0.25, 0.3) is 5.91 Å². The third kappa shape index (κ3) is 4.63. The maximum Gasteiger partial charge on any atom is 0.261 e. The summed E-state index contributed by atoms with van der Waals surface area (Å²) in [7, 11) is 0. The number of nitrogens with zero attached hydrogens (tertiary/aromatic N) is 1. The molecule has 4 N–H and O–H groups in total. The molecule has 0 saturated carbocycles. The second-order valence-electron chi connectivity index (χ2n) is 4.10. The second kappa shape index (κ2) is 7.81. The van der Waals surface area contributed by atoms with Crippen LogP contribution in [0, 0.1) is 11.3 Å². The summed E-state index contributed by atoms with van der Waals surface area (Å²) >= 11 is 0. The van der Waals surface area contributed by atoms with Crippen molar-refractivity contribution in [3.8, 4) is 17.6 Å². The molecule has 0 unspecified atom stereocenters. The molecule has 1 amide bonds. The molecule has 1 rings (SSSR count). The van der Waals surface area contributed by atoms with Crippen LogP contribution in [-0.2, 0) is 4.79 Å². The Kier molecular flexibility index (Phi) is 6.07. The first kappa shape index (κ1) is 15.5. The number of rotatable bonds is 6. The van der Waals surface area contributed by atoms with E-state index in [2.05, 4.69) is 5.32 Å². The number of carbonyl (C=O) groups excluding carboxylic acids is 1. The summed E-state index contributed by atoms with van der Waals surface area (Å²) in [5.74, 6) is -1.11. The predicted octanol–water partition coefficient (Wildman–Crippen LogP) is 0.893. The van der Waals surface area contributed by atoms with Gasteiger partial charge in [-0.1, -0.05) is 6.07 Å². The number of aliphatic hydroxyl groups is 1. The van der Waals surface area contributed by atoms with Gasteiger partial charge in [-0.2, -0.15) is 5.26 Å². The van der Waals surface area contributed by atoms with Crippen LogP contribution in [0.15, 0.2) is 23.8 Å². The van der Waals surface area contributed by atoms with Crippen LogP contribution in [0.4, 0.5) is 0 Å². The van der Waals surface area contributed by atoms with Crippen molar-refractivity contribution in [3.05, 3.63) is 29.3 Å². The molecule has 6 nitrogen and oxygen atoms in total. The fourth-order valence-corrected chi connectivity index (χ4v) is 1.48. The van der Waals surface area contributed by atoms with Crippen molar-refractivity contribution in [1.29, 1.82) is 5.26 Å². The molecule has 0 radical (unpaired) electrons. The summed E-state index contributed by atoms with van der Waals surface area (Å²) in [5.41, 5.74) is 0.335. The lowest BCUT2D eigenvalue weighted by Gasteiger charge is -2.04. The fraction of sp³-hybridized carbons (Fsp3) is 0.286. The maximum absolute atomic E-state index is 11.7. The summed E-state index contributed by atoms with van der Waals surface area (Å²) < 4.78 is 0. The van der Waals surface area contributed by atoms with Gasteiger partial charge in [0.15, 0.2) is 11.5 Å². The zero-order valence-corrected chi connectivity index (χ0v) is 10.8. The lowest BCUT2D eigenvalue weighted by Crippen LogP contribution is -2.25. The number of aliphatic hydroxyl groups excluding tert-OH is 1. The Morgan fingerprint density at radius 2 is 2.05 bits per heavy atom. The number of phenolic OH excluding ortho intramolecular Hbond substituents is 2. The number of phenols is 2. The quantitative estimate of drug-likeness (QED) is 0.267. The number of amides is 1. The highest BCUT2D eigenvalue weighted by molar-refractivity contribution is 6.01. The van der Waals surface area contributed by atoms with Crippen LogP contribution in [-0.4, -0.2) is 34.4 Å². The third-order valence-electron chi connectivity index (χ3n) is 2.55. The monoisotopic (exact) mass is 276 g/mol. The molecule has 0 spiro atoms. The van der Waals surface area contributed by atoms with Gasteiger partial charge in [0, 0.05) is 13.2 Å². The topological polar surface area (TPSA) is 114 Å². The molecule has 0 aliphatic carbocycles. The summed E-state index contributed by atoms with van der Waals surface area (Å²) in [6, 6.07) is 5.79. The van der Waals surface area contributed by atoms with E-state index in [4.69, 9.17) is 10.4 Å². The van der Waals surface area contributed by atoms with E-state index >= 15 is 0 Å². The summed E-state index contributed by atoms with van der Waals surface area (Å²) in [5, 5.41) is 38.6. The average Bonchev–Trinajstić information content (AvgIpc) is 2.44. The molecule has 0 saturated heterocycles. The normalized spacial score (nSPS) is 10.9. The summed E-state index contributed by atoms with van der Waals surface area (Å²) in [6.45, 7) is 0.433. The molecule has 0 heterocycles. The van der Waals surface area contributed by atoms with Crippen molar-refractivity contribution >= 4 is 12.0 Å². The lowest BCUT2D eigenvalue weighted by atomic mass is 10.1. The number of hydrogen-bond donors (Lipinski definition) is 4. The minimum absolute atomic E-state index is 0.0591. The molecular weight excluding hydrogens is 260 g/mol. The summed E-state index contributed by atoms with van der Waals surface area (Å²) in [4.78, 5) is 11.7. The molecule has 6 heteroatoms. The molecular formula is C14H16N2O4. The highest BCUT2D eigenvalue weighted by Gasteiger charge is 2.09. The zero-order chi connectivity index (χ0) is 15.0. The van der Waals surface area contributed by atoms with Gasteiger partial charge in [0.1, 0.15) is 11.6 Å². The van der Waals surface area contributed by atoms with Gasteiger partial charge >= 0.3 is 0 Å². The molecule has 0 aliphatic rings. The standard InChI is InChI=1S/C14H16N2O4/c15-9-11(14(20)16-5-1-2-6-17)7-10-3-4-12(18)13(19)8-10/h3-4,7-8,17-19H,1-2,5-6H2,(H,16,20)/b11-7+. The van der Waals surface area contributed by atoms with Crippen LogP contribution in [0.5, 0.6) is 11.5 Å². The molecule has 0 atom stereocenters. The second-order valence-corrected chi connectivity index (χ2v) is 4.10. The van der Waals surface area contributed by atoms with Crippen molar-refractivity contribution in [2.24, 2.45) is 0 Å². The van der Waals surface area contributed by atoms with Gasteiger partial charge in [-0.15, -0.1) is 0 Å². The summed E-state index contributed by atoms with van der Waals surface area (Å²) in [6.07, 6.45) is 2.53. The smallest absolute Gasteiger partial charge is 0.261 e. The van der Waals surface area contributed by atoms with Crippen molar-refractivity contribution in [3.63, 3.8) is 0 Å². The van der Waals surface area contributed by atoms with E-state index < -0.39 is 5.91 Å². The highest BCUT2D eigenvalue weighted by atomic mass is 16.3. The number of unbranched alkanes of at least 4 members (excludes halogenated alkanes) is 1. The highest BCUT2D eigenvalue weighted by Crippen LogP contribution is 2.25. The molecule has 106 valence electrons. The molecule has 0 aromatic heterocycles. The first-order valence-corrected chi connectivity index (χ1v) is 6.11. The van der Waals surface area contributed by atoms with E-state index in [0.717, 1.165) is 0 Å². The minimum atomic E-state index is -0.516. The van der Waals surface area contributed by atoms with Gasteiger partial charge in [0.05, 0.1) is 0 Å². The first-order valence-electron chi connectivity index (χ1n) is 6.11. The molecule has 0 aliphatic heterocycles. The SMILES string of the molecule is N#C/C(=C\c1ccc(O)c(O)c1)C(=O)NCCCCO. The maximum atomic E-state index is 11.7. The Hall–Kier alpha value is -2.52. The third-order valence-corrected chi connectivity index (χ3v) is 2.55.